The number of nitrogens with zero attached hydrogens (tertiary/aromatic N) is 2. The Morgan fingerprint density at radius 2 is 1.85 bits per heavy atom. The van der Waals surface area contributed by atoms with E-state index in [0.29, 0.717) is 19.0 Å². The van der Waals surface area contributed by atoms with Gasteiger partial charge in [-0.3, -0.25) is 4.99 Å². The van der Waals surface area contributed by atoms with Crippen LogP contribution in [0, 0.1) is 0 Å². The van der Waals surface area contributed by atoms with E-state index in [2.05, 4.69) is 19.8 Å². The quantitative estimate of drug-likeness (QED) is 0.312. The highest BCUT2D eigenvalue weighted by Crippen LogP contribution is 2.15. The van der Waals surface area contributed by atoms with E-state index in [-0.39, 0.29) is 29.7 Å². The number of aliphatic imine (C=N–C) groups is 1. The molecule has 1 rings (SSSR count). The molecular formula is C16H27F2IN4O3S. The van der Waals surface area contributed by atoms with Gasteiger partial charge in [-0.15, -0.1) is 24.0 Å². The van der Waals surface area contributed by atoms with Crippen molar-refractivity contribution in [3.8, 4) is 5.75 Å². The molecule has 0 bridgehead atoms. The summed E-state index contributed by atoms with van der Waals surface area (Å²) >= 11 is 0. The molecule has 0 aliphatic rings. The van der Waals surface area contributed by atoms with Crippen LogP contribution in [0.3, 0.4) is 0 Å². The smallest absolute Gasteiger partial charge is 0.387 e. The zero-order chi connectivity index (χ0) is 20.0. The molecule has 0 unspecified atom stereocenters. The maximum Gasteiger partial charge on any atom is 0.387 e. The van der Waals surface area contributed by atoms with Gasteiger partial charge in [0.25, 0.3) is 0 Å². The predicted molar refractivity (Wildman–Crippen MR) is 113 cm³/mol. The monoisotopic (exact) mass is 520 g/mol. The maximum absolute atomic E-state index is 12.2. The molecule has 0 aliphatic heterocycles. The van der Waals surface area contributed by atoms with Crippen LogP contribution in [-0.2, 0) is 16.6 Å². The average molecular weight is 520 g/mol. The fourth-order valence-corrected chi connectivity index (χ4v) is 3.42. The molecule has 0 aliphatic carbocycles. The number of ether oxygens (including phenoxy) is 1. The summed E-state index contributed by atoms with van der Waals surface area (Å²) in [6, 6.07) is 6.34. The third-order valence-corrected chi connectivity index (χ3v) is 4.22. The van der Waals surface area contributed by atoms with Crippen LogP contribution in [0.4, 0.5) is 8.78 Å². The fraction of sp³-hybridized carbons (Fsp3) is 0.562. The lowest BCUT2D eigenvalue weighted by atomic mass is 10.1. The van der Waals surface area contributed by atoms with Crippen LogP contribution in [-0.4, -0.2) is 58.3 Å². The first-order chi connectivity index (χ1) is 11.9. The van der Waals surface area contributed by atoms with E-state index in [0.717, 1.165) is 11.8 Å². The number of sulfonamides is 1. The molecule has 0 aromatic heterocycles. The highest BCUT2D eigenvalue weighted by atomic mass is 127. The van der Waals surface area contributed by atoms with Gasteiger partial charge >= 0.3 is 6.61 Å². The van der Waals surface area contributed by atoms with E-state index in [1.807, 2.05) is 11.9 Å². The number of alkyl halides is 2. The first-order valence-electron chi connectivity index (χ1n) is 7.86. The first kappa shape index (κ1) is 25.8. The maximum atomic E-state index is 12.2. The van der Waals surface area contributed by atoms with Crippen LogP contribution in [0.1, 0.15) is 19.4 Å². The molecule has 27 heavy (non-hydrogen) atoms. The standard InChI is InChI=1S/C16H26F2N4O3S.HI/c1-16(2,21-26(5,23)24)11-20-15(19-3)22(4)10-12-6-8-13(9-7-12)25-14(17)18;/h6-9,14,21H,10-11H2,1-5H3,(H,19,20);1H. The largest absolute Gasteiger partial charge is 0.435 e. The SMILES string of the molecule is CN=C(NCC(C)(C)NS(C)(=O)=O)N(C)Cc1ccc(OC(F)F)cc1.I. The van der Waals surface area contributed by atoms with Crippen molar-refractivity contribution in [3.05, 3.63) is 29.8 Å². The first-order valence-corrected chi connectivity index (χ1v) is 9.75. The summed E-state index contributed by atoms with van der Waals surface area (Å²) in [5.41, 5.74) is 0.184. The molecule has 0 amide bonds. The van der Waals surface area contributed by atoms with Crippen molar-refractivity contribution in [3.63, 3.8) is 0 Å². The van der Waals surface area contributed by atoms with Gasteiger partial charge in [0.15, 0.2) is 5.96 Å². The van der Waals surface area contributed by atoms with Crippen molar-refractivity contribution in [2.45, 2.75) is 32.5 Å². The van der Waals surface area contributed by atoms with Gasteiger partial charge in [0, 0.05) is 32.7 Å². The van der Waals surface area contributed by atoms with Crippen LogP contribution in [0.15, 0.2) is 29.3 Å². The Bertz CT molecular complexity index is 713. The molecule has 11 heteroatoms. The number of benzene rings is 1. The number of rotatable bonds is 8. The average Bonchev–Trinajstić information content (AvgIpc) is 2.46. The highest BCUT2D eigenvalue weighted by molar-refractivity contribution is 14.0. The predicted octanol–water partition coefficient (Wildman–Crippen LogP) is 2.24. The van der Waals surface area contributed by atoms with Crippen molar-refractivity contribution in [2.24, 2.45) is 4.99 Å². The lowest BCUT2D eigenvalue weighted by molar-refractivity contribution is -0.0498. The van der Waals surface area contributed by atoms with Crippen molar-refractivity contribution >= 4 is 40.0 Å². The Morgan fingerprint density at radius 3 is 2.30 bits per heavy atom. The van der Waals surface area contributed by atoms with Gasteiger partial charge in [0.1, 0.15) is 5.75 Å². The van der Waals surface area contributed by atoms with Gasteiger partial charge in [0.05, 0.1) is 6.26 Å². The van der Waals surface area contributed by atoms with Crippen molar-refractivity contribution in [2.75, 3.05) is 26.9 Å². The number of hydrogen-bond acceptors (Lipinski definition) is 4. The van der Waals surface area contributed by atoms with Gasteiger partial charge in [0.2, 0.25) is 10.0 Å². The number of halogens is 3. The molecule has 2 N–H and O–H groups in total. The summed E-state index contributed by atoms with van der Waals surface area (Å²) in [7, 11) is 0.109. The van der Waals surface area contributed by atoms with E-state index in [4.69, 9.17) is 0 Å². The molecule has 0 radical (unpaired) electrons. The Hall–Kier alpha value is -1.21. The summed E-state index contributed by atoms with van der Waals surface area (Å²) in [4.78, 5) is 6.00. The summed E-state index contributed by atoms with van der Waals surface area (Å²) < 4.78 is 54.0. The topological polar surface area (TPSA) is 83.0 Å². The lowest BCUT2D eigenvalue weighted by Gasteiger charge is -2.29. The van der Waals surface area contributed by atoms with Crippen molar-refractivity contribution in [1.82, 2.24) is 14.9 Å². The van der Waals surface area contributed by atoms with Crippen LogP contribution in [0.25, 0.3) is 0 Å². The molecule has 0 saturated carbocycles. The van der Waals surface area contributed by atoms with Crippen molar-refractivity contribution < 1.29 is 21.9 Å². The second-order valence-corrected chi connectivity index (χ2v) is 8.29. The van der Waals surface area contributed by atoms with Gasteiger partial charge in [-0.2, -0.15) is 8.78 Å². The molecule has 0 heterocycles. The Morgan fingerprint density at radius 1 is 1.30 bits per heavy atom. The Balaban J connectivity index is 0.00000676. The molecule has 1 aromatic rings. The molecule has 0 saturated heterocycles. The molecular weight excluding hydrogens is 493 g/mol. The van der Waals surface area contributed by atoms with Gasteiger partial charge < -0.3 is 15.0 Å². The molecule has 7 nitrogen and oxygen atoms in total. The second kappa shape index (κ2) is 11.0. The minimum absolute atomic E-state index is 0. The molecule has 0 fully saturated rings. The number of guanidine groups is 1. The summed E-state index contributed by atoms with van der Waals surface area (Å²) in [6.07, 6.45) is 1.11. The minimum atomic E-state index is -3.33. The molecule has 0 atom stereocenters. The Kier molecular flexibility index (Phi) is 10.5. The molecule has 156 valence electrons. The molecule has 0 spiro atoms. The second-order valence-electron chi connectivity index (χ2n) is 6.54. The zero-order valence-electron chi connectivity index (χ0n) is 16.0. The van der Waals surface area contributed by atoms with E-state index >= 15 is 0 Å². The van der Waals surface area contributed by atoms with E-state index in [1.54, 1.807) is 33.0 Å². The minimum Gasteiger partial charge on any atom is -0.435 e. The van der Waals surface area contributed by atoms with E-state index in [9.17, 15) is 17.2 Å². The third kappa shape index (κ3) is 10.6. The summed E-state index contributed by atoms with van der Waals surface area (Å²) in [6.45, 7) is 1.48. The number of hydrogen-bond donors (Lipinski definition) is 2. The van der Waals surface area contributed by atoms with Gasteiger partial charge in [-0.05, 0) is 31.5 Å². The normalized spacial score (nSPS) is 12.5. The number of nitrogens with one attached hydrogen (secondary N) is 2. The third-order valence-electron chi connectivity index (χ3n) is 3.29. The summed E-state index contributed by atoms with van der Waals surface area (Å²) in [5.74, 6) is 0.670. The van der Waals surface area contributed by atoms with E-state index < -0.39 is 22.2 Å². The van der Waals surface area contributed by atoms with Crippen molar-refractivity contribution in [1.29, 1.82) is 0 Å². The van der Waals surface area contributed by atoms with Crippen LogP contribution < -0.4 is 14.8 Å². The zero-order valence-corrected chi connectivity index (χ0v) is 19.1. The highest BCUT2D eigenvalue weighted by Gasteiger charge is 2.23. The van der Waals surface area contributed by atoms with E-state index in [1.165, 1.54) is 12.1 Å². The fourth-order valence-electron chi connectivity index (χ4n) is 2.35. The van der Waals surface area contributed by atoms with Gasteiger partial charge in [-0.25, -0.2) is 13.1 Å². The van der Waals surface area contributed by atoms with Crippen LogP contribution >= 0.6 is 24.0 Å². The van der Waals surface area contributed by atoms with Crippen LogP contribution in [0.2, 0.25) is 0 Å². The van der Waals surface area contributed by atoms with Crippen LogP contribution in [0.5, 0.6) is 5.75 Å². The Labute approximate surface area is 176 Å². The lowest BCUT2D eigenvalue weighted by Crippen LogP contribution is -2.53. The van der Waals surface area contributed by atoms with Gasteiger partial charge in [-0.1, -0.05) is 12.1 Å². The summed E-state index contributed by atoms with van der Waals surface area (Å²) in [5, 5.41) is 3.11. The molecule has 1 aromatic carbocycles.